The molecule has 1 N–H and O–H groups in total. The third-order valence-electron chi connectivity index (χ3n) is 2.60. The fourth-order valence-electron chi connectivity index (χ4n) is 1.57. The molecule has 0 fully saturated rings. The lowest BCUT2D eigenvalue weighted by Gasteiger charge is -2.12. The maximum absolute atomic E-state index is 9.71. The summed E-state index contributed by atoms with van der Waals surface area (Å²) in [5.41, 5.74) is 1.18. The van der Waals surface area contributed by atoms with E-state index < -0.39 is 6.10 Å². The lowest BCUT2D eigenvalue weighted by atomic mass is 10.2. The van der Waals surface area contributed by atoms with Crippen LogP contribution < -0.4 is 4.74 Å². The maximum atomic E-state index is 9.71. The highest BCUT2D eigenvalue weighted by molar-refractivity contribution is 5.26. The van der Waals surface area contributed by atoms with Gasteiger partial charge in [0.1, 0.15) is 30.8 Å². The van der Waals surface area contributed by atoms with Crippen LogP contribution in [0.4, 0.5) is 0 Å². The molecule has 0 spiro atoms. The molecule has 2 aromatic rings. The molecule has 1 unspecified atom stereocenters. The van der Waals surface area contributed by atoms with Crippen molar-refractivity contribution in [2.45, 2.75) is 19.6 Å². The van der Waals surface area contributed by atoms with Crippen LogP contribution in [-0.4, -0.2) is 24.4 Å². The number of furan rings is 1. The number of rotatable bonds is 7. The Bertz CT molecular complexity index is 461. The van der Waals surface area contributed by atoms with E-state index in [1.54, 1.807) is 12.3 Å². The quantitative estimate of drug-likeness (QED) is 0.833. The molecule has 102 valence electrons. The van der Waals surface area contributed by atoms with Crippen molar-refractivity contribution in [1.82, 2.24) is 0 Å². The lowest BCUT2D eigenvalue weighted by Crippen LogP contribution is -2.23. The first-order valence-corrected chi connectivity index (χ1v) is 6.21. The molecule has 0 aliphatic carbocycles. The largest absolute Gasteiger partial charge is 0.491 e. The summed E-state index contributed by atoms with van der Waals surface area (Å²) < 4.78 is 15.9. The number of ether oxygens (including phenoxy) is 2. The fraction of sp³-hybridized carbons (Fsp3) is 0.333. The molecule has 1 heterocycles. The number of aliphatic hydroxyl groups is 1. The smallest absolute Gasteiger partial charge is 0.129 e. The van der Waals surface area contributed by atoms with Gasteiger partial charge in [0.2, 0.25) is 0 Å². The molecule has 4 nitrogen and oxygen atoms in total. The minimum Gasteiger partial charge on any atom is -0.491 e. The second-order valence-electron chi connectivity index (χ2n) is 4.37. The number of aliphatic hydroxyl groups excluding tert-OH is 1. The third kappa shape index (κ3) is 4.77. The average molecular weight is 262 g/mol. The van der Waals surface area contributed by atoms with Crippen LogP contribution in [0, 0.1) is 6.92 Å². The van der Waals surface area contributed by atoms with E-state index >= 15 is 0 Å². The summed E-state index contributed by atoms with van der Waals surface area (Å²) in [5, 5.41) is 9.71. The van der Waals surface area contributed by atoms with Crippen molar-refractivity contribution < 1.29 is 19.0 Å². The zero-order valence-corrected chi connectivity index (χ0v) is 10.9. The minimum absolute atomic E-state index is 0.210. The van der Waals surface area contributed by atoms with Crippen LogP contribution in [0.5, 0.6) is 5.75 Å². The van der Waals surface area contributed by atoms with Gasteiger partial charge in [0.25, 0.3) is 0 Å². The normalized spacial score (nSPS) is 12.3. The summed E-state index contributed by atoms with van der Waals surface area (Å²) in [4.78, 5) is 0. The molecular formula is C15H18O4. The molecule has 1 aromatic heterocycles. The molecule has 0 saturated carbocycles. The number of aryl methyl sites for hydroxylation is 1. The molecular weight excluding hydrogens is 244 g/mol. The van der Waals surface area contributed by atoms with E-state index in [0.29, 0.717) is 6.61 Å². The van der Waals surface area contributed by atoms with Gasteiger partial charge < -0.3 is 19.0 Å². The van der Waals surface area contributed by atoms with Crippen molar-refractivity contribution in [2.75, 3.05) is 13.2 Å². The van der Waals surface area contributed by atoms with Crippen LogP contribution in [-0.2, 0) is 11.3 Å². The molecule has 1 atom stereocenters. The van der Waals surface area contributed by atoms with Crippen LogP contribution in [0.25, 0.3) is 0 Å². The Morgan fingerprint density at radius 3 is 2.63 bits per heavy atom. The molecule has 19 heavy (non-hydrogen) atoms. The number of benzene rings is 1. The van der Waals surface area contributed by atoms with Crippen molar-refractivity contribution in [3.63, 3.8) is 0 Å². The maximum Gasteiger partial charge on any atom is 0.129 e. The third-order valence-corrected chi connectivity index (χ3v) is 2.60. The van der Waals surface area contributed by atoms with Crippen LogP contribution >= 0.6 is 0 Å². The summed E-state index contributed by atoms with van der Waals surface area (Å²) in [6.45, 7) is 2.80. The molecule has 2 rings (SSSR count). The van der Waals surface area contributed by atoms with Gasteiger partial charge in [-0.2, -0.15) is 0 Å². The van der Waals surface area contributed by atoms with E-state index in [0.717, 1.165) is 11.5 Å². The highest BCUT2D eigenvalue weighted by Crippen LogP contribution is 2.11. The topological polar surface area (TPSA) is 51.8 Å². The van der Waals surface area contributed by atoms with Crippen LogP contribution in [0.15, 0.2) is 47.1 Å². The van der Waals surface area contributed by atoms with Gasteiger partial charge in [-0.3, -0.25) is 0 Å². The van der Waals surface area contributed by atoms with Crippen molar-refractivity contribution in [2.24, 2.45) is 0 Å². The van der Waals surface area contributed by atoms with Gasteiger partial charge in [0, 0.05) is 0 Å². The van der Waals surface area contributed by atoms with Gasteiger partial charge in [0.05, 0.1) is 12.9 Å². The zero-order chi connectivity index (χ0) is 13.5. The molecule has 0 aliphatic rings. The Labute approximate surface area is 112 Å². The summed E-state index contributed by atoms with van der Waals surface area (Å²) in [5.74, 6) is 1.49. The van der Waals surface area contributed by atoms with Gasteiger partial charge in [-0.05, 0) is 31.2 Å². The minimum atomic E-state index is -0.656. The Morgan fingerprint density at radius 1 is 1.16 bits per heavy atom. The molecule has 0 amide bonds. The van der Waals surface area contributed by atoms with E-state index in [-0.39, 0.29) is 13.2 Å². The molecule has 0 saturated heterocycles. The fourth-order valence-corrected chi connectivity index (χ4v) is 1.57. The standard InChI is InChI=1S/C15H18O4/c1-12-4-6-14(7-5-12)19-10-13(16)9-17-11-15-3-2-8-18-15/h2-8,13,16H,9-11H2,1H3. The molecule has 0 aliphatic heterocycles. The van der Waals surface area contributed by atoms with Crippen LogP contribution in [0.1, 0.15) is 11.3 Å². The Balaban J connectivity index is 1.64. The molecule has 0 radical (unpaired) electrons. The Hall–Kier alpha value is -1.78. The van der Waals surface area contributed by atoms with E-state index in [2.05, 4.69) is 0 Å². The summed E-state index contributed by atoms with van der Waals surface area (Å²) in [6.07, 6.45) is 0.937. The van der Waals surface area contributed by atoms with Crippen molar-refractivity contribution >= 4 is 0 Å². The van der Waals surface area contributed by atoms with Crippen molar-refractivity contribution in [3.8, 4) is 5.75 Å². The van der Waals surface area contributed by atoms with Crippen molar-refractivity contribution in [1.29, 1.82) is 0 Å². The highest BCUT2D eigenvalue weighted by atomic mass is 16.5. The zero-order valence-electron chi connectivity index (χ0n) is 10.9. The predicted octanol–water partition coefficient (Wildman–Crippen LogP) is 2.54. The second-order valence-corrected chi connectivity index (χ2v) is 4.37. The van der Waals surface area contributed by atoms with Crippen molar-refractivity contribution in [3.05, 3.63) is 54.0 Å². The van der Waals surface area contributed by atoms with Gasteiger partial charge in [0.15, 0.2) is 0 Å². The van der Waals surface area contributed by atoms with E-state index in [9.17, 15) is 5.11 Å². The van der Waals surface area contributed by atoms with Gasteiger partial charge in [-0.15, -0.1) is 0 Å². The van der Waals surface area contributed by atoms with E-state index in [4.69, 9.17) is 13.9 Å². The van der Waals surface area contributed by atoms with Crippen LogP contribution in [0.2, 0.25) is 0 Å². The number of hydrogen-bond acceptors (Lipinski definition) is 4. The average Bonchev–Trinajstić information content (AvgIpc) is 2.91. The summed E-state index contributed by atoms with van der Waals surface area (Å²) in [7, 11) is 0. The van der Waals surface area contributed by atoms with Gasteiger partial charge >= 0.3 is 0 Å². The molecule has 0 bridgehead atoms. The van der Waals surface area contributed by atoms with E-state index in [1.165, 1.54) is 5.56 Å². The first-order chi connectivity index (χ1) is 9.24. The second kappa shape index (κ2) is 6.97. The molecule has 1 aromatic carbocycles. The summed E-state index contributed by atoms with van der Waals surface area (Å²) in [6, 6.07) is 11.3. The predicted molar refractivity (Wildman–Crippen MR) is 71.0 cm³/mol. The lowest BCUT2D eigenvalue weighted by molar-refractivity contribution is 0.000878. The first kappa shape index (κ1) is 13.6. The number of hydrogen-bond donors (Lipinski definition) is 1. The van der Waals surface area contributed by atoms with Gasteiger partial charge in [-0.1, -0.05) is 17.7 Å². The highest BCUT2D eigenvalue weighted by Gasteiger charge is 2.06. The Kier molecular flexibility index (Phi) is 5.01. The first-order valence-electron chi connectivity index (χ1n) is 6.21. The van der Waals surface area contributed by atoms with Crippen LogP contribution in [0.3, 0.4) is 0 Å². The SMILES string of the molecule is Cc1ccc(OCC(O)COCc2ccco2)cc1. The monoisotopic (exact) mass is 262 g/mol. The van der Waals surface area contributed by atoms with E-state index in [1.807, 2.05) is 37.3 Å². The Morgan fingerprint density at radius 2 is 1.95 bits per heavy atom. The molecule has 4 heteroatoms. The van der Waals surface area contributed by atoms with Gasteiger partial charge in [-0.25, -0.2) is 0 Å². The summed E-state index contributed by atoms with van der Waals surface area (Å²) >= 11 is 0.